The highest BCUT2D eigenvalue weighted by Gasteiger charge is 2.04. The van der Waals surface area contributed by atoms with E-state index in [0.717, 1.165) is 28.6 Å². The van der Waals surface area contributed by atoms with Crippen molar-refractivity contribution in [1.82, 2.24) is 0 Å². The fourth-order valence-corrected chi connectivity index (χ4v) is 2.17. The highest BCUT2D eigenvalue weighted by molar-refractivity contribution is 9.10. The van der Waals surface area contributed by atoms with Crippen LogP contribution in [0.4, 0.5) is 5.69 Å². The highest BCUT2D eigenvalue weighted by Crippen LogP contribution is 2.20. The molecule has 1 N–H and O–H groups in total. The van der Waals surface area contributed by atoms with Crippen LogP contribution in [0.2, 0.25) is 0 Å². The van der Waals surface area contributed by atoms with E-state index in [9.17, 15) is 4.79 Å². The smallest absolute Gasteiger partial charge is 0.224 e. The number of aryl methyl sites for hydroxylation is 1. The van der Waals surface area contributed by atoms with Crippen LogP contribution in [-0.2, 0) is 4.79 Å². The number of carbonyl (C=O) groups is 1. The Morgan fingerprint density at radius 3 is 2.71 bits per heavy atom. The van der Waals surface area contributed by atoms with E-state index in [-0.39, 0.29) is 5.91 Å². The molecule has 1 rings (SSSR count). The van der Waals surface area contributed by atoms with Crippen molar-refractivity contribution < 1.29 is 4.79 Å². The number of nitrogens with one attached hydrogen (secondary N) is 1. The Bertz CT molecular complexity index is 376. The normalized spacial score (nSPS) is 10.3. The van der Waals surface area contributed by atoms with Crippen LogP contribution in [0, 0.1) is 6.92 Å². The summed E-state index contributed by atoms with van der Waals surface area (Å²) in [5, 5.41) is 2.95. The van der Waals surface area contributed by atoms with Gasteiger partial charge < -0.3 is 5.32 Å². The predicted molar refractivity (Wildman–Crippen MR) is 76.3 cm³/mol. The van der Waals surface area contributed by atoms with Crippen LogP contribution in [0.15, 0.2) is 22.7 Å². The highest BCUT2D eigenvalue weighted by atomic mass is 79.9. The molecular weight excluding hydrogens is 278 g/mol. The van der Waals surface area contributed by atoms with Gasteiger partial charge in [-0.05, 0) is 37.1 Å². The van der Waals surface area contributed by atoms with E-state index >= 15 is 0 Å². The largest absolute Gasteiger partial charge is 0.326 e. The summed E-state index contributed by atoms with van der Waals surface area (Å²) in [6, 6.07) is 5.88. The minimum absolute atomic E-state index is 0.117. The first-order valence-corrected chi connectivity index (χ1v) is 6.98. The van der Waals surface area contributed by atoms with Crippen LogP contribution in [-0.4, -0.2) is 5.91 Å². The number of halogens is 1. The van der Waals surface area contributed by atoms with Gasteiger partial charge in [0.15, 0.2) is 0 Å². The van der Waals surface area contributed by atoms with Gasteiger partial charge in [0.05, 0.1) is 0 Å². The van der Waals surface area contributed by atoms with Crippen molar-refractivity contribution >= 4 is 27.5 Å². The lowest BCUT2D eigenvalue weighted by Gasteiger charge is -2.08. The number of unbranched alkanes of at least 4 members (excludes halogenated alkanes) is 3. The number of anilines is 1. The summed E-state index contributed by atoms with van der Waals surface area (Å²) in [6.07, 6.45) is 5.16. The quantitative estimate of drug-likeness (QED) is 0.760. The number of amides is 1. The summed E-state index contributed by atoms with van der Waals surface area (Å²) in [6.45, 7) is 4.17. The number of hydrogen-bond acceptors (Lipinski definition) is 1. The zero-order valence-corrected chi connectivity index (χ0v) is 12.1. The molecule has 0 radical (unpaired) electrons. The first kappa shape index (κ1) is 14.2. The molecule has 3 heteroatoms. The van der Waals surface area contributed by atoms with Crippen LogP contribution in [0.1, 0.15) is 44.6 Å². The van der Waals surface area contributed by atoms with Crippen molar-refractivity contribution in [3.8, 4) is 0 Å². The van der Waals surface area contributed by atoms with Gasteiger partial charge >= 0.3 is 0 Å². The lowest BCUT2D eigenvalue weighted by atomic mass is 10.1. The molecule has 0 aromatic heterocycles. The van der Waals surface area contributed by atoms with E-state index in [1.807, 2.05) is 25.1 Å². The van der Waals surface area contributed by atoms with Crippen molar-refractivity contribution in [2.24, 2.45) is 0 Å². The van der Waals surface area contributed by atoms with E-state index in [1.165, 1.54) is 12.8 Å². The van der Waals surface area contributed by atoms with Crippen molar-refractivity contribution in [3.05, 3.63) is 28.2 Å². The second-order valence-electron chi connectivity index (χ2n) is 4.32. The molecule has 0 saturated heterocycles. The summed E-state index contributed by atoms with van der Waals surface area (Å²) in [5.74, 6) is 0.117. The van der Waals surface area contributed by atoms with Crippen molar-refractivity contribution in [2.75, 3.05) is 5.32 Å². The van der Waals surface area contributed by atoms with Gasteiger partial charge in [0.1, 0.15) is 0 Å². The van der Waals surface area contributed by atoms with Crippen LogP contribution in [0.5, 0.6) is 0 Å². The maximum atomic E-state index is 11.7. The van der Waals surface area contributed by atoms with Gasteiger partial charge in [0.2, 0.25) is 5.91 Å². The standard InChI is InChI=1S/C14H20BrNO/c1-3-4-5-6-7-14(17)16-13-9-8-12(15)10-11(13)2/h8-10H,3-7H2,1-2H3,(H,16,17). The minimum Gasteiger partial charge on any atom is -0.326 e. The third kappa shape index (κ3) is 5.35. The minimum atomic E-state index is 0.117. The number of rotatable bonds is 6. The zero-order chi connectivity index (χ0) is 12.7. The molecule has 1 amide bonds. The third-order valence-electron chi connectivity index (χ3n) is 2.72. The molecular formula is C14H20BrNO. The van der Waals surface area contributed by atoms with Gasteiger partial charge in [-0.1, -0.05) is 42.1 Å². The maximum absolute atomic E-state index is 11.7. The topological polar surface area (TPSA) is 29.1 Å². The van der Waals surface area contributed by atoms with Crippen LogP contribution in [0.3, 0.4) is 0 Å². The summed E-state index contributed by atoms with van der Waals surface area (Å²) in [5.41, 5.74) is 2.00. The van der Waals surface area contributed by atoms with Gasteiger partial charge in [0.25, 0.3) is 0 Å². The third-order valence-corrected chi connectivity index (χ3v) is 3.21. The molecule has 94 valence electrons. The lowest BCUT2D eigenvalue weighted by molar-refractivity contribution is -0.116. The average molecular weight is 298 g/mol. The van der Waals surface area contributed by atoms with Crippen molar-refractivity contribution in [3.63, 3.8) is 0 Å². The summed E-state index contributed by atoms with van der Waals surface area (Å²) in [7, 11) is 0. The molecule has 0 fully saturated rings. The fourth-order valence-electron chi connectivity index (χ4n) is 1.69. The van der Waals surface area contributed by atoms with E-state index < -0.39 is 0 Å². The van der Waals surface area contributed by atoms with E-state index in [1.54, 1.807) is 0 Å². The molecule has 0 aliphatic rings. The van der Waals surface area contributed by atoms with Gasteiger partial charge in [-0.15, -0.1) is 0 Å². The molecule has 0 aliphatic heterocycles. The van der Waals surface area contributed by atoms with E-state index in [0.29, 0.717) is 6.42 Å². The molecule has 0 aliphatic carbocycles. The van der Waals surface area contributed by atoms with Crippen molar-refractivity contribution in [1.29, 1.82) is 0 Å². The predicted octanol–water partition coefficient (Wildman–Crippen LogP) is 4.67. The van der Waals surface area contributed by atoms with Gasteiger partial charge in [-0.25, -0.2) is 0 Å². The molecule has 0 spiro atoms. The lowest BCUT2D eigenvalue weighted by Crippen LogP contribution is -2.11. The first-order chi connectivity index (χ1) is 8.13. The molecule has 1 aromatic carbocycles. The fraction of sp³-hybridized carbons (Fsp3) is 0.500. The Hall–Kier alpha value is -0.830. The molecule has 2 nitrogen and oxygen atoms in total. The SMILES string of the molecule is CCCCCCC(=O)Nc1ccc(Br)cc1C. The van der Waals surface area contributed by atoms with Gasteiger partial charge in [-0.3, -0.25) is 4.79 Å². The van der Waals surface area contributed by atoms with E-state index in [4.69, 9.17) is 0 Å². The Morgan fingerprint density at radius 2 is 2.06 bits per heavy atom. The van der Waals surface area contributed by atoms with Crippen LogP contribution in [0.25, 0.3) is 0 Å². The molecule has 0 heterocycles. The number of benzene rings is 1. The molecule has 1 aromatic rings. The van der Waals surface area contributed by atoms with Crippen LogP contribution < -0.4 is 5.32 Å². The molecule has 17 heavy (non-hydrogen) atoms. The molecule has 0 atom stereocenters. The maximum Gasteiger partial charge on any atom is 0.224 e. The first-order valence-electron chi connectivity index (χ1n) is 6.19. The molecule has 0 saturated carbocycles. The summed E-state index contributed by atoms with van der Waals surface area (Å²) in [4.78, 5) is 11.7. The summed E-state index contributed by atoms with van der Waals surface area (Å²) < 4.78 is 1.04. The average Bonchev–Trinajstić information content (AvgIpc) is 2.28. The summed E-state index contributed by atoms with van der Waals surface area (Å²) >= 11 is 3.41. The Balaban J connectivity index is 2.40. The molecule has 0 unspecified atom stereocenters. The monoisotopic (exact) mass is 297 g/mol. The Labute approximate surface area is 112 Å². The zero-order valence-electron chi connectivity index (χ0n) is 10.6. The number of hydrogen-bond donors (Lipinski definition) is 1. The van der Waals surface area contributed by atoms with Crippen molar-refractivity contribution in [2.45, 2.75) is 46.0 Å². The number of carbonyl (C=O) groups excluding carboxylic acids is 1. The second-order valence-corrected chi connectivity index (χ2v) is 5.23. The Morgan fingerprint density at radius 1 is 1.29 bits per heavy atom. The van der Waals surface area contributed by atoms with E-state index in [2.05, 4.69) is 28.2 Å². The second kappa shape index (κ2) is 7.49. The Kier molecular flexibility index (Phi) is 6.27. The van der Waals surface area contributed by atoms with Crippen LogP contribution >= 0.6 is 15.9 Å². The van der Waals surface area contributed by atoms with Gasteiger partial charge in [-0.2, -0.15) is 0 Å². The molecule has 0 bridgehead atoms. The van der Waals surface area contributed by atoms with Gasteiger partial charge in [0, 0.05) is 16.6 Å².